The first-order valence-electron chi connectivity index (χ1n) is 11.3. The van der Waals surface area contributed by atoms with Crippen LogP contribution in [0.5, 0.6) is 0 Å². The number of anilines is 1. The van der Waals surface area contributed by atoms with Crippen molar-refractivity contribution in [2.75, 3.05) is 5.32 Å². The molecule has 0 saturated carbocycles. The van der Waals surface area contributed by atoms with E-state index in [0.717, 1.165) is 55.9 Å². The highest BCUT2D eigenvalue weighted by molar-refractivity contribution is 7.08. The first kappa shape index (κ1) is 21.9. The minimum atomic E-state index is 0.347. The molecule has 0 saturated heterocycles. The summed E-state index contributed by atoms with van der Waals surface area (Å²) in [6.45, 7) is 10.3. The number of nitrogens with zero attached hydrogens (tertiary/aromatic N) is 2. The van der Waals surface area contributed by atoms with E-state index in [0.29, 0.717) is 6.04 Å². The van der Waals surface area contributed by atoms with Gasteiger partial charge in [-0.05, 0) is 78.6 Å². The maximum atomic E-state index is 4.66. The van der Waals surface area contributed by atoms with Gasteiger partial charge in [-0.1, -0.05) is 24.8 Å². The Hall–Kier alpha value is -3.90. The van der Waals surface area contributed by atoms with Gasteiger partial charge in [0.1, 0.15) is 5.69 Å². The van der Waals surface area contributed by atoms with Crippen molar-refractivity contribution in [3.8, 4) is 22.5 Å². The monoisotopic (exact) mass is 465 g/mol. The molecule has 4 heterocycles. The molecule has 0 amide bonds. The van der Waals surface area contributed by atoms with Gasteiger partial charge in [-0.3, -0.25) is 10.1 Å². The fourth-order valence-electron chi connectivity index (χ4n) is 4.25. The zero-order chi connectivity index (χ0) is 23.7. The number of H-pyrrole nitrogens is 2. The van der Waals surface area contributed by atoms with Gasteiger partial charge in [-0.25, -0.2) is 0 Å². The van der Waals surface area contributed by atoms with Crippen LogP contribution in [0.1, 0.15) is 30.7 Å². The molecule has 6 heteroatoms. The van der Waals surface area contributed by atoms with Crippen molar-refractivity contribution >= 4 is 33.5 Å². The highest BCUT2D eigenvalue weighted by atomic mass is 32.1. The highest BCUT2D eigenvalue weighted by Crippen LogP contribution is 2.35. The van der Waals surface area contributed by atoms with Gasteiger partial charge in [-0.2, -0.15) is 16.4 Å². The van der Waals surface area contributed by atoms with Gasteiger partial charge in [-0.15, -0.1) is 0 Å². The number of aromatic amines is 2. The van der Waals surface area contributed by atoms with E-state index in [2.05, 4.69) is 106 Å². The van der Waals surface area contributed by atoms with Gasteiger partial charge < -0.3 is 10.3 Å². The smallest absolute Gasteiger partial charge is 0.116 e. The summed E-state index contributed by atoms with van der Waals surface area (Å²) in [5.74, 6) is 0. The molecule has 170 valence electrons. The number of aromatic nitrogens is 4. The molecule has 0 aliphatic heterocycles. The second kappa shape index (κ2) is 9.15. The molecule has 34 heavy (non-hydrogen) atoms. The Morgan fingerprint density at radius 2 is 2.00 bits per heavy atom. The van der Waals surface area contributed by atoms with Crippen LogP contribution in [0.25, 0.3) is 39.0 Å². The lowest BCUT2D eigenvalue weighted by molar-refractivity contribution is 0.898. The molecule has 4 aromatic heterocycles. The molecule has 1 aromatic carbocycles. The van der Waals surface area contributed by atoms with E-state index >= 15 is 0 Å². The zero-order valence-electron chi connectivity index (χ0n) is 19.5. The van der Waals surface area contributed by atoms with Crippen molar-refractivity contribution in [2.24, 2.45) is 0 Å². The van der Waals surface area contributed by atoms with Gasteiger partial charge in [0.25, 0.3) is 0 Å². The predicted molar refractivity (Wildman–Crippen MR) is 144 cm³/mol. The van der Waals surface area contributed by atoms with E-state index in [1.54, 1.807) is 11.3 Å². The Balaban J connectivity index is 1.57. The van der Waals surface area contributed by atoms with Crippen molar-refractivity contribution in [3.05, 3.63) is 95.1 Å². The van der Waals surface area contributed by atoms with Gasteiger partial charge >= 0.3 is 0 Å². The van der Waals surface area contributed by atoms with Crippen molar-refractivity contribution in [2.45, 2.75) is 26.8 Å². The molecule has 0 fully saturated rings. The van der Waals surface area contributed by atoms with Crippen molar-refractivity contribution in [1.82, 2.24) is 20.2 Å². The molecule has 0 spiro atoms. The van der Waals surface area contributed by atoms with E-state index in [1.807, 2.05) is 18.5 Å². The molecule has 0 atom stereocenters. The Morgan fingerprint density at radius 1 is 1.12 bits per heavy atom. The number of pyridine rings is 1. The minimum Gasteiger partial charge on any atom is -0.382 e. The lowest BCUT2D eigenvalue weighted by Crippen LogP contribution is -2.09. The lowest BCUT2D eigenvalue weighted by Gasteiger charge is -2.11. The summed E-state index contributed by atoms with van der Waals surface area (Å²) in [5, 5.41) is 16.6. The Kier molecular flexibility index (Phi) is 5.90. The number of aryl methyl sites for hydroxylation is 1. The van der Waals surface area contributed by atoms with Gasteiger partial charge in [0.15, 0.2) is 0 Å². The average molecular weight is 466 g/mol. The molecule has 0 aliphatic carbocycles. The third-order valence-electron chi connectivity index (χ3n) is 5.77. The van der Waals surface area contributed by atoms with Crippen LogP contribution in [0.15, 0.2) is 78.3 Å². The number of benzene rings is 1. The summed E-state index contributed by atoms with van der Waals surface area (Å²) in [5.41, 5.74) is 10.6. The van der Waals surface area contributed by atoms with Crippen molar-refractivity contribution < 1.29 is 0 Å². The second-order valence-corrected chi connectivity index (χ2v) is 9.42. The third kappa shape index (κ3) is 4.20. The zero-order valence-corrected chi connectivity index (χ0v) is 20.3. The summed E-state index contributed by atoms with van der Waals surface area (Å²) in [4.78, 5) is 7.99. The van der Waals surface area contributed by atoms with Crippen LogP contribution >= 0.6 is 11.3 Å². The number of allylic oxidation sites excluding steroid dienone is 2. The van der Waals surface area contributed by atoms with Crippen LogP contribution in [0.3, 0.4) is 0 Å². The Bertz CT molecular complexity index is 1480. The molecule has 0 aliphatic rings. The fourth-order valence-corrected chi connectivity index (χ4v) is 4.91. The molecule has 3 N–H and O–H groups in total. The van der Waals surface area contributed by atoms with Gasteiger partial charge in [0, 0.05) is 40.6 Å². The molecule has 0 unspecified atom stereocenters. The van der Waals surface area contributed by atoms with Crippen LogP contribution in [-0.2, 0) is 0 Å². The second-order valence-electron chi connectivity index (χ2n) is 8.64. The quantitative estimate of drug-likeness (QED) is 0.219. The van der Waals surface area contributed by atoms with Crippen LogP contribution < -0.4 is 5.32 Å². The molecule has 5 aromatic rings. The highest BCUT2D eigenvalue weighted by Gasteiger charge is 2.16. The number of thiophene rings is 1. The number of hydrogen-bond donors (Lipinski definition) is 3. The van der Waals surface area contributed by atoms with Gasteiger partial charge in [0.2, 0.25) is 0 Å². The standard InChI is InChI=1S/C28H27N5S/c1-5-6-23(20-9-10-34-16-20)24-13-27(31-18(24)4)28-25-12-19(7-8-26(25)32-33-28)21-11-22(15-29-14-21)30-17(2)3/h5-17,30-31H,1H2,2-4H3,(H,32,33)/b23-6-. The topological polar surface area (TPSA) is 69.4 Å². The van der Waals surface area contributed by atoms with Crippen LogP contribution in [0.2, 0.25) is 0 Å². The van der Waals surface area contributed by atoms with E-state index in [-0.39, 0.29) is 0 Å². The largest absolute Gasteiger partial charge is 0.382 e. The van der Waals surface area contributed by atoms with E-state index in [4.69, 9.17) is 0 Å². The summed E-state index contributed by atoms with van der Waals surface area (Å²) in [6.07, 6.45) is 7.66. The molecule has 0 radical (unpaired) electrons. The Morgan fingerprint density at radius 3 is 2.76 bits per heavy atom. The number of hydrogen-bond acceptors (Lipinski definition) is 4. The van der Waals surface area contributed by atoms with Crippen LogP contribution in [0, 0.1) is 6.92 Å². The summed E-state index contributed by atoms with van der Waals surface area (Å²) >= 11 is 1.69. The van der Waals surface area contributed by atoms with E-state index in [9.17, 15) is 0 Å². The Labute approximate surface area is 203 Å². The first-order valence-corrected chi connectivity index (χ1v) is 12.2. The molecule has 5 rings (SSSR count). The number of nitrogens with one attached hydrogen (secondary N) is 3. The number of fused-ring (bicyclic) bond motifs is 1. The van der Waals surface area contributed by atoms with E-state index < -0.39 is 0 Å². The third-order valence-corrected chi connectivity index (χ3v) is 6.45. The fraction of sp³-hybridized carbons (Fsp3) is 0.143. The number of rotatable bonds is 7. The molecular weight excluding hydrogens is 438 g/mol. The van der Waals surface area contributed by atoms with Gasteiger partial charge in [0.05, 0.1) is 16.9 Å². The van der Waals surface area contributed by atoms with Crippen molar-refractivity contribution in [3.63, 3.8) is 0 Å². The predicted octanol–water partition coefficient (Wildman–Crippen LogP) is 7.43. The summed E-state index contributed by atoms with van der Waals surface area (Å²) in [6, 6.07) is 13.2. The maximum Gasteiger partial charge on any atom is 0.116 e. The molecular formula is C28H27N5S. The molecule has 0 bridgehead atoms. The van der Waals surface area contributed by atoms with Crippen LogP contribution in [-0.4, -0.2) is 26.2 Å². The maximum absolute atomic E-state index is 4.66. The first-order chi connectivity index (χ1) is 16.5. The van der Waals surface area contributed by atoms with Crippen LogP contribution in [0.4, 0.5) is 5.69 Å². The normalized spacial score (nSPS) is 11.9. The average Bonchev–Trinajstić information content (AvgIpc) is 3.57. The lowest BCUT2D eigenvalue weighted by atomic mass is 9.99. The van der Waals surface area contributed by atoms with E-state index in [1.165, 1.54) is 5.56 Å². The SMILES string of the molecule is C=C/C=C(/c1ccsc1)c1cc(-c2n[nH]c3ccc(-c4cncc(NC(C)C)c4)cc23)[nH]c1C. The van der Waals surface area contributed by atoms with Crippen molar-refractivity contribution in [1.29, 1.82) is 0 Å². The molecule has 5 nitrogen and oxygen atoms in total. The summed E-state index contributed by atoms with van der Waals surface area (Å²) < 4.78 is 0. The summed E-state index contributed by atoms with van der Waals surface area (Å²) in [7, 11) is 0. The minimum absolute atomic E-state index is 0.347.